The molecule has 1 aromatic heterocycles. The summed E-state index contributed by atoms with van der Waals surface area (Å²) in [5, 5.41) is 1.82. The number of benzene rings is 2. The molecule has 8 heteroatoms. The van der Waals surface area contributed by atoms with Crippen molar-refractivity contribution in [2.75, 3.05) is 26.2 Å². The number of piperazine rings is 1. The summed E-state index contributed by atoms with van der Waals surface area (Å²) in [6.45, 7) is 7.19. The molecule has 3 aromatic rings. The number of nitrogens with one attached hydrogen (secondary N) is 1. The molecular weight excluding hydrogens is 436 g/mol. The van der Waals surface area contributed by atoms with Crippen LogP contribution in [0.15, 0.2) is 71.9 Å². The molecule has 1 aliphatic heterocycles. The van der Waals surface area contributed by atoms with E-state index in [9.17, 15) is 13.2 Å². The lowest BCUT2D eigenvalue weighted by Gasteiger charge is -2.37. The number of aromatic nitrogens is 1. The van der Waals surface area contributed by atoms with E-state index in [2.05, 4.69) is 14.6 Å². The van der Waals surface area contributed by atoms with Crippen molar-refractivity contribution in [1.82, 2.24) is 19.5 Å². The Morgan fingerprint density at radius 2 is 1.64 bits per heavy atom. The van der Waals surface area contributed by atoms with Crippen LogP contribution in [0.1, 0.15) is 19.4 Å². The van der Waals surface area contributed by atoms with Gasteiger partial charge in [-0.15, -0.1) is 0 Å². The van der Waals surface area contributed by atoms with Crippen molar-refractivity contribution in [3.8, 4) is 0 Å². The number of amides is 1. The van der Waals surface area contributed by atoms with Crippen LogP contribution in [0.3, 0.4) is 0 Å². The van der Waals surface area contributed by atoms with Crippen LogP contribution in [-0.2, 0) is 21.4 Å². The summed E-state index contributed by atoms with van der Waals surface area (Å²) in [5.74, 6) is -0.347. The van der Waals surface area contributed by atoms with Gasteiger partial charge in [-0.05, 0) is 46.5 Å². The predicted octanol–water partition coefficient (Wildman–Crippen LogP) is 2.88. The molecule has 1 amide bonds. The number of rotatable bonds is 7. The van der Waals surface area contributed by atoms with Gasteiger partial charge >= 0.3 is 0 Å². The number of sulfonamides is 1. The maximum Gasteiger partial charge on any atom is 0.241 e. The van der Waals surface area contributed by atoms with Crippen LogP contribution >= 0.6 is 0 Å². The highest BCUT2D eigenvalue weighted by atomic mass is 32.2. The van der Waals surface area contributed by atoms with Crippen molar-refractivity contribution in [3.05, 3.63) is 72.6 Å². The zero-order valence-electron chi connectivity index (χ0n) is 19.0. The van der Waals surface area contributed by atoms with Gasteiger partial charge in [0.25, 0.3) is 0 Å². The van der Waals surface area contributed by atoms with Crippen LogP contribution in [0.5, 0.6) is 0 Å². The SMILES string of the molecule is CC(C)C(NS(=O)(=O)c1ccc2ccccc2c1)C(=O)N1CCN(Cc2ccncc2)CC1. The minimum absolute atomic E-state index is 0.168. The first-order valence-electron chi connectivity index (χ1n) is 11.2. The van der Waals surface area contributed by atoms with Crippen molar-refractivity contribution in [3.63, 3.8) is 0 Å². The molecule has 7 nitrogen and oxygen atoms in total. The van der Waals surface area contributed by atoms with Crippen molar-refractivity contribution in [2.45, 2.75) is 31.3 Å². The summed E-state index contributed by atoms with van der Waals surface area (Å²) in [6, 6.07) is 15.8. The van der Waals surface area contributed by atoms with E-state index in [0.717, 1.165) is 30.4 Å². The van der Waals surface area contributed by atoms with E-state index in [4.69, 9.17) is 0 Å². The summed E-state index contributed by atoms with van der Waals surface area (Å²) in [7, 11) is -3.84. The van der Waals surface area contributed by atoms with Crippen LogP contribution in [0.25, 0.3) is 10.8 Å². The lowest BCUT2D eigenvalue weighted by molar-refractivity contribution is -0.135. The van der Waals surface area contributed by atoms with E-state index < -0.39 is 16.1 Å². The fraction of sp³-hybridized carbons (Fsp3) is 0.360. The first-order valence-corrected chi connectivity index (χ1v) is 12.7. The van der Waals surface area contributed by atoms with Gasteiger partial charge in [0.2, 0.25) is 15.9 Å². The molecule has 33 heavy (non-hydrogen) atoms. The molecule has 1 unspecified atom stereocenters. The Morgan fingerprint density at radius 1 is 0.970 bits per heavy atom. The highest BCUT2D eigenvalue weighted by molar-refractivity contribution is 7.89. The van der Waals surface area contributed by atoms with Gasteiger partial charge in [0.05, 0.1) is 4.90 Å². The second-order valence-corrected chi connectivity index (χ2v) is 10.5. The molecule has 0 radical (unpaired) electrons. The Balaban J connectivity index is 1.43. The molecule has 1 saturated heterocycles. The van der Waals surface area contributed by atoms with Crippen LogP contribution < -0.4 is 4.72 Å². The van der Waals surface area contributed by atoms with Crippen LogP contribution in [0.2, 0.25) is 0 Å². The zero-order chi connectivity index (χ0) is 23.4. The average molecular weight is 467 g/mol. The Kier molecular flexibility index (Phi) is 7.07. The van der Waals surface area contributed by atoms with E-state index in [1.165, 1.54) is 5.56 Å². The summed E-state index contributed by atoms with van der Waals surface area (Å²) in [6.07, 6.45) is 3.56. The summed E-state index contributed by atoms with van der Waals surface area (Å²) in [4.78, 5) is 21.6. The van der Waals surface area contributed by atoms with Crippen LogP contribution in [-0.4, -0.2) is 61.3 Å². The van der Waals surface area contributed by atoms with Crippen LogP contribution in [0, 0.1) is 5.92 Å². The van der Waals surface area contributed by atoms with Gasteiger partial charge in [0.15, 0.2) is 0 Å². The molecule has 0 bridgehead atoms. The maximum absolute atomic E-state index is 13.3. The van der Waals surface area contributed by atoms with Gasteiger partial charge in [0.1, 0.15) is 6.04 Å². The number of hydrogen-bond donors (Lipinski definition) is 1. The maximum atomic E-state index is 13.3. The first-order chi connectivity index (χ1) is 15.8. The van der Waals surface area contributed by atoms with Gasteiger partial charge in [-0.1, -0.05) is 44.2 Å². The second kappa shape index (κ2) is 9.99. The fourth-order valence-corrected chi connectivity index (χ4v) is 5.48. The molecule has 2 heterocycles. The molecule has 1 aliphatic rings. The Labute approximate surface area is 195 Å². The van der Waals surface area contributed by atoms with E-state index >= 15 is 0 Å². The highest BCUT2D eigenvalue weighted by Gasteiger charge is 2.33. The first kappa shape index (κ1) is 23.4. The normalized spacial score (nSPS) is 16.3. The standard InChI is InChI=1S/C25H30N4O3S/c1-19(2)24(27-33(31,32)23-8-7-21-5-3-4-6-22(21)17-23)25(30)29-15-13-28(14-16-29)18-20-9-11-26-12-10-20/h3-12,17,19,24,27H,13-16,18H2,1-2H3. The number of carbonyl (C=O) groups excluding carboxylic acids is 1. The molecule has 2 aromatic carbocycles. The topological polar surface area (TPSA) is 82.6 Å². The van der Waals surface area contributed by atoms with Crippen molar-refractivity contribution < 1.29 is 13.2 Å². The third-order valence-electron chi connectivity index (χ3n) is 6.09. The van der Waals surface area contributed by atoms with Gasteiger partial charge in [-0.2, -0.15) is 4.72 Å². The summed E-state index contributed by atoms with van der Waals surface area (Å²) >= 11 is 0. The third kappa shape index (κ3) is 5.58. The third-order valence-corrected chi connectivity index (χ3v) is 7.52. The van der Waals surface area contributed by atoms with E-state index in [0.29, 0.717) is 13.1 Å². The molecule has 0 spiro atoms. The van der Waals surface area contributed by atoms with Gasteiger partial charge in [0, 0.05) is 45.1 Å². The lowest BCUT2D eigenvalue weighted by Crippen LogP contribution is -2.56. The predicted molar refractivity (Wildman–Crippen MR) is 129 cm³/mol. The number of nitrogens with zero attached hydrogens (tertiary/aromatic N) is 3. The molecule has 1 atom stereocenters. The summed E-state index contributed by atoms with van der Waals surface area (Å²) < 4.78 is 29.0. The van der Waals surface area contributed by atoms with E-state index in [1.807, 2.05) is 50.2 Å². The molecule has 174 valence electrons. The Morgan fingerprint density at radius 3 is 2.30 bits per heavy atom. The quantitative estimate of drug-likeness (QED) is 0.579. The van der Waals surface area contributed by atoms with Crippen molar-refractivity contribution in [2.24, 2.45) is 5.92 Å². The van der Waals surface area contributed by atoms with Crippen molar-refractivity contribution >= 4 is 26.7 Å². The van der Waals surface area contributed by atoms with Gasteiger partial charge in [-0.25, -0.2) is 8.42 Å². The number of pyridine rings is 1. The summed E-state index contributed by atoms with van der Waals surface area (Å²) in [5.41, 5.74) is 1.19. The Hall–Kier alpha value is -2.81. The average Bonchev–Trinajstić information content (AvgIpc) is 2.83. The van der Waals surface area contributed by atoms with Crippen LogP contribution in [0.4, 0.5) is 0 Å². The zero-order valence-corrected chi connectivity index (χ0v) is 19.8. The second-order valence-electron chi connectivity index (χ2n) is 8.81. The molecule has 4 rings (SSSR count). The molecule has 1 N–H and O–H groups in total. The van der Waals surface area contributed by atoms with Gasteiger partial charge in [-0.3, -0.25) is 14.7 Å². The number of fused-ring (bicyclic) bond motifs is 1. The smallest absolute Gasteiger partial charge is 0.241 e. The molecular formula is C25H30N4O3S. The van der Waals surface area contributed by atoms with E-state index in [-0.39, 0.29) is 16.7 Å². The van der Waals surface area contributed by atoms with Gasteiger partial charge < -0.3 is 4.90 Å². The minimum atomic E-state index is -3.84. The lowest BCUT2D eigenvalue weighted by atomic mass is 10.0. The molecule has 0 saturated carbocycles. The highest BCUT2D eigenvalue weighted by Crippen LogP contribution is 2.20. The Bertz CT molecular complexity index is 1210. The minimum Gasteiger partial charge on any atom is -0.339 e. The van der Waals surface area contributed by atoms with E-state index in [1.54, 1.807) is 35.5 Å². The molecule has 1 fully saturated rings. The number of hydrogen-bond acceptors (Lipinski definition) is 5. The fourth-order valence-electron chi connectivity index (χ4n) is 4.11. The largest absolute Gasteiger partial charge is 0.339 e. The molecule has 0 aliphatic carbocycles. The monoisotopic (exact) mass is 466 g/mol. The van der Waals surface area contributed by atoms with Crippen molar-refractivity contribution in [1.29, 1.82) is 0 Å². The number of carbonyl (C=O) groups is 1.